The van der Waals surface area contributed by atoms with Crippen molar-refractivity contribution >= 4 is 22.8 Å². The van der Waals surface area contributed by atoms with Crippen molar-refractivity contribution in [1.29, 1.82) is 0 Å². The lowest BCUT2D eigenvalue weighted by atomic mass is 9.98. The van der Waals surface area contributed by atoms with E-state index in [0.717, 1.165) is 27.6 Å². The van der Waals surface area contributed by atoms with Crippen molar-refractivity contribution in [2.75, 3.05) is 14.2 Å². The van der Waals surface area contributed by atoms with E-state index in [0.29, 0.717) is 22.4 Å². The van der Waals surface area contributed by atoms with Crippen LogP contribution in [0.1, 0.15) is 27.0 Å². The van der Waals surface area contributed by atoms with Crippen LogP contribution in [0, 0.1) is 13.8 Å². The summed E-state index contributed by atoms with van der Waals surface area (Å²) in [5, 5.41) is 3.67. The molecule has 0 radical (unpaired) electrons. The number of para-hydroxylation sites is 1. The number of hydrogen-bond donors (Lipinski definition) is 1. The molecule has 7 heteroatoms. The number of benzene rings is 3. The molecule has 1 N–H and O–H groups in total. The second kappa shape index (κ2) is 10.7. The SMILES string of the molecule is COC(=O)[C@H](Cc1ccc(-c2c(OC)c3ccccc3n(C)c2=O)cc1)NC(=O)c1c(C)cccc1C. The standard InChI is InChI=1S/C30H30N2O5/c1-18-9-8-10-19(2)25(18)28(33)31-23(30(35)37-5)17-20-13-15-21(16-14-20)26-27(36-4)22-11-6-7-12-24(22)32(3)29(26)34/h6-16,23H,17H2,1-5H3,(H,31,33)/t23-/m0/s1. The molecule has 0 fully saturated rings. The number of ether oxygens (including phenoxy) is 2. The van der Waals surface area contributed by atoms with Gasteiger partial charge in [-0.15, -0.1) is 0 Å². The number of pyridine rings is 1. The second-order valence-corrected chi connectivity index (χ2v) is 9.01. The first-order valence-electron chi connectivity index (χ1n) is 12.0. The fourth-order valence-electron chi connectivity index (χ4n) is 4.72. The summed E-state index contributed by atoms with van der Waals surface area (Å²) in [4.78, 5) is 38.8. The molecule has 1 amide bonds. The van der Waals surface area contributed by atoms with Gasteiger partial charge >= 0.3 is 5.97 Å². The number of aromatic nitrogens is 1. The van der Waals surface area contributed by atoms with Gasteiger partial charge in [-0.3, -0.25) is 9.59 Å². The largest absolute Gasteiger partial charge is 0.495 e. The summed E-state index contributed by atoms with van der Waals surface area (Å²) in [6, 6.07) is 19.7. The number of carbonyl (C=O) groups excluding carboxylic acids is 2. The van der Waals surface area contributed by atoms with E-state index in [9.17, 15) is 14.4 Å². The first-order valence-corrected chi connectivity index (χ1v) is 12.0. The molecule has 4 rings (SSSR count). The molecule has 0 aliphatic rings. The number of methoxy groups -OCH3 is 2. The van der Waals surface area contributed by atoms with Crippen LogP contribution < -0.4 is 15.6 Å². The molecule has 4 aromatic rings. The monoisotopic (exact) mass is 498 g/mol. The van der Waals surface area contributed by atoms with Gasteiger partial charge in [0.2, 0.25) is 0 Å². The minimum absolute atomic E-state index is 0.170. The maximum Gasteiger partial charge on any atom is 0.328 e. The van der Waals surface area contributed by atoms with Crippen molar-refractivity contribution in [3.05, 3.63) is 99.3 Å². The molecule has 190 valence electrons. The third-order valence-electron chi connectivity index (χ3n) is 6.64. The molecule has 0 unspecified atom stereocenters. The predicted molar refractivity (Wildman–Crippen MR) is 144 cm³/mol. The zero-order valence-electron chi connectivity index (χ0n) is 21.6. The van der Waals surface area contributed by atoms with Gasteiger partial charge in [0.25, 0.3) is 11.5 Å². The van der Waals surface area contributed by atoms with E-state index in [1.54, 1.807) is 18.7 Å². The summed E-state index contributed by atoms with van der Waals surface area (Å²) in [5.41, 5.74) is 4.78. The highest BCUT2D eigenvalue weighted by molar-refractivity contribution is 5.99. The molecule has 1 aromatic heterocycles. The Bertz CT molecular complexity index is 1520. The summed E-state index contributed by atoms with van der Waals surface area (Å²) in [6.45, 7) is 3.72. The van der Waals surface area contributed by atoms with Crippen LogP contribution >= 0.6 is 0 Å². The van der Waals surface area contributed by atoms with Gasteiger partial charge in [0.15, 0.2) is 0 Å². The molecule has 3 aromatic carbocycles. The number of esters is 1. The molecule has 0 aliphatic heterocycles. The average molecular weight is 499 g/mol. The van der Waals surface area contributed by atoms with Crippen molar-refractivity contribution in [3.8, 4) is 16.9 Å². The number of fused-ring (bicyclic) bond motifs is 1. The molecule has 0 spiro atoms. The number of hydrogen-bond acceptors (Lipinski definition) is 5. The molecule has 1 heterocycles. The normalized spacial score (nSPS) is 11.7. The summed E-state index contributed by atoms with van der Waals surface area (Å²) in [7, 11) is 4.59. The zero-order chi connectivity index (χ0) is 26.7. The van der Waals surface area contributed by atoms with Crippen LogP contribution in [0.15, 0.2) is 71.5 Å². The maximum atomic E-state index is 13.2. The van der Waals surface area contributed by atoms with Crippen molar-refractivity contribution in [3.63, 3.8) is 0 Å². The number of carbonyl (C=O) groups is 2. The smallest absolute Gasteiger partial charge is 0.328 e. The van der Waals surface area contributed by atoms with Gasteiger partial charge in [0, 0.05) is 24.4 Å². The zero-order valence-corrected chi connectivity index (χ0v) is 21.6. The Balaban J connectivity index is 1.65. The lowest BCUT2D eigenvalue weighted by molar-refractivity contribution is -0.142. The fraction of sp³-hybridized carbons (Fsp3) is 0.233. The summed E-state index contributed by atoms with van der Waals surface area (Å²) in [6.07, 6.45) is 0.233. The highest BCUT2D eigenvalue weighted by Gasteiger charge is 2.24. The number of nitrogens with zero attached hydrogens (tertiary/aromatic N) is 1. The molecule has 0 saturated heterocycles. The van der Waals surface area contributed by atoms with Gasteiger partial charge in [0.1, 0.15) is 11.8 Å². The number of amides is 1. The van der Waals surface area contributed by atoms with Crippen molar-refractivity contribution in [2.45, 2.75) is 26.3 Å². The van der Waals surface area contributed by atoms with Gasteiger partial charge in [-0.05, 0) is 48.2 Å². The van der Waals surface area contributed by atoms with Crippen molar-refractivity contribution < 1.29 is 19.1 Å². The minimum Gasteiger partial charge on any atom is -0.495 e. The summed E-state index contributed by atoms with van der Waals surface area (Å²) < 4.78 is 12.2. The minimum atomic E-state index is -0.870. The van der Waals surface area contributed by atoms with Crippen molar-refractivity contribution in [2.24, 2.45) is 7.05 Å². The predicted octanol–water partition coefficient (Wildman–Crippen LogP) is 4.35. The highest BCUT2D eigenvalue weighted by Crippen LogP contribution is 2.33. The Morgan fingerprint density at radius 1 is 0.919 bits per heavy atom. The molecule has 37 heavy (non-hydrogen) atoms. The van der Waals surface area contributed by atoms with Gasteiger partial charge in [-0.1, -0.05) is 54.6 Å². The van der Waals surface area contributed by atoms with Gasteiger partial charge in [-0.25, -0.2) is 4.79 Å². The quantitative estimate of drug-likeness (QED) is 0.383. The molecule has 1 atom stereocenters. The molecular weight excluding hydrogens is 468 g/mol. The molecular formula is C30H30N2O5. The number of rotatable bonds is 7. The molecule has 0 saturated carbocycles. The van der Waals surface area contributed by atoms with Crippen LogP contribution in [-0.4, -0.2) is 36.7 Å². The first-order chi connectivity index (χ1) is 17.8. The Hall–Kier alpha value is -4.39. The number of aryl methyl sites for hydroxylation is 3. The van der Waals surface area contributed by atoms with E-state index in [2.05, 4.69) is 5.32 Å². The van der Waals surface area contributed by atoms with Gasteiger partial charge in [0.05, 0.1) is 25.3 Å². The second-order valence-electron chi connectivity index (χ2n) is 9.01. The first kappa shape index (κ1) is 25.7. The van der Waals surface area contributed by atoms with Crippen LogP contribution in [0.4, 0.5) is 0 Å². The van der Waals surface area contributed by atoms with Gasteiger partial charge < -0.3 is 19.4 Å². The van der Waals surface area contributed by atoms with E-state index >= 15 is 0 Å². The van der Waals surface area contributed by atoms with E-state index in [-0.39, 0.29) is 17.9 Å². The van der Waals surface area contributed by atoms with Gasteiger partial charge in [-0.2, -0.15) is 0 Å². The van der Waals surface area contributed by atoms with Crippen LogP contribution in [0.5, 0.6) is 5.75 Å². The summed E-state index contributed by atoms with van der Waals surface area (Å²) in [5.74, 6) is -0.347. The fourth-order valence-corrected chi connectivity index (χ4v) is 4.72. The molecule has 0 aliphatic carbocycles. The van der Waals surface area contributed by atoms with E-state index in [1.807, 2.05) is 80.6 Å². The Kier molecular flexibility index (Phi) is 7.43. The Morgan fingerprint density at radius 3 is 2.19 bits per heavy atom. The maximum absolute atomic E-state index is 13.2. The van der Waals surface area contributed by atoms with Crippen LogP contribution in [0.2, 0.25) is 0 Å². The summed E-state index contributed by atoms with van der Waals surface area (Å²) >= 11 is 0. The average Bonchev–Trinajstić information content (AvgIpc) is 2.90. The number of nitrogens with one attached hydrogen (secondary N) is 1. The molecule has 0 bridgehead atoms. The van der Waals surface area contributed by atoms with Crippen molar-refractivity contribution in [1.82, 2.24) is 9.88 Å². The van der Waals surface area contributed by atoms with Crippen LogP contribution in [0.3, 0.4) is 0 Å². The lowest BCUT2D eigenvalue weighted by Gasteiger charge is -2.19. The van der Waals surface area contributed by atoms with E-state index in [4.69, 9.17) is 9.47 Å². The third-order valence-corrected chi connectivity index (χ3v) is 6.64. The van der Waals surface area contributed by atoms with Crippen LogP contribution in [0.25, 0.3) is 22.0 Å². The molecule has 7 nitrogen and oxygen atoms in total. The Morgan fingerprint density at radius 2 is 1.57 bits per heavy atom. The topological polar surface area (TPSA) is 86.6 Å². The third kappa shape index (κ3) is 4.98. The highest BCUT2D eigenvalue weighted by atomic mass is 16.5. The lowest BCUT2D eigenvalue weighted by Crippen LogP contribution is -2.43. The van der Waals surface area contributed by atoms with E-state index in [1.165, 1.54) is 7.11 Å². The Labute approximate surface area is 215 Å². The van der Waals surface area contributed by atoms with E-state index < -0.39 is 12.0 Å². The van der Waals surface area contributed by atoms with Crippen LogP contribution in [-0.2, 0) is 23.0 Å².